The SMILES string of the molecule is O=C1c2ccccc2C(=O)c2oc(-c3ccccc3)nc21. The van der Waals surface area contributed by atoms with Crippen molar-refractivity contribution < 1.29 is 14.0 Å². The molecule has 1 aliphatic carbocycles. The van der Waals surface area contributed by atoms with Gasteiger partial charge >= 0.3 is 0 Å². The van der Waals surface area contributed by atoms with Gasteiger partial charge in [-0.05, 0) is 12.1 Å². The van der Waals surface area contributed by atoms with Crippen LogP contribution in [0.1, 0.15) is 32.2 Å². The second-order valence-electron chi connectivity index (χ2n) is 4.77. The van der Waals surface area contributed by atoms with Gasteiger partial charge in [0, 0.05) is 16.7 Å². The van der Waals surface area contributed by atoms with Gasteiger partial charge in [0.25, 0.3) is 0 Å². The number of ketones is 2. The molecule has 4 nitrogen and oxygen atoms in total. The summed E-state index contributed by atoms with van der Waals surface area (Å²) in [7, 11) is 0. The first-order valence-corrected chi connectivity index (χ1v) is 6.50. The number of oxazole rings is 1. The van der Waals surface area contributed by atoms with Crippen LogP contribution < -0.4 is 0 Å². The third-order valence-electron chi connectivity index (χ3n) is 3.49. The van der Waals surface area contributed by atoms with Crippen LogP contribution >= 0.6 is 0 Å². The molecule has 0 spiro atoms. The van der Waals surface area contributed by atoms with Gasteiger partial charge in [-0.15, -0.1) is 0 Å². The molecule has 21 heavy (non-hydrogen) atoms. The van der Waals surface area contributed by atoms with Gasteiger partial charge in [-0.25, -0.2) is 4.98 Å². The zero-order chi connectivity index (χ0) is 14.4. The summed E-state index contributed by atoms with van der Waals surface area (Å²) in [4.78, 5) is 29.0. The van der Waals surface area contributed by atoms with Crippen LogP contribution in [0, 0.1) is 0 Å². The molecule has 0 fully saturated rings. The van der Waals surface area contributed by atoms with Gasteiger partial charge in [-0.3, -0.25) is 9.59 Å². The van der Waals surface area contributed by atoms with E-state index in [0.717, 1.165) is 5.56 Å². The summed E-state index contributed by atoms with van der Waals surface area (Å²) in [6, 6.07) is 15.9. The molecule has 0 N–H and O–H groups in total. The average Bonchev–Trinajstić information content (AvgIpc) is 2.99. The average molecular weight is 275 g/mol. The summed E-state index contributed by atoms with van der Waals surface area (Å²) >= 11 is 0. The molecule has 0 atom stereocenters. The molecule has 0 aliphatic heterocycles. The number of rotatable bonds is 1. The Labute approximate surface area is 120 Å². The van der Waals surface area contributed by atoms with Gasteiger partial charge in [0.05, 0.1) is 0 Å². The Kier molecular flexibility index (Phi) is 2.38. The van der Waals surface area contributed by atoms with E-state index < -0.39 is 0 Å². The number of aromatic nitrogens is 1. The fraction of sp³-hybridized carbons (Fsp3) is 0. The van der Waals surface area contributed by atoms with E-state index >= 15 is 0 Å². The Bertz CT molecular complexity index is 826. The fourth-order valence-electron chi connectivity index (χ4n) is 2.46. The Morgan fingerprint density at radius 1 is 0.762 bits per heavy atom. The number of hydrogen-bond donors (Lipinski definition) is 0. The second-order valence-corrected chi connectivity index (χ2v) is 4.77. The number of nitrogens with zero attached hydrogens (tertiary/aromatic N) is 1. The van der Waals surface area contributed by atoms with E-state index in [4.69, 9.17) is 4.42 Å². The van der Waals surface area contributed by atoms with Crippen LogP contribution in [0.4, 0.5) is 0 Å². The number of fused-ring (bicyclic) bond motifs is 2. The predicted molar refractivity (Wildman–Crippen MR) is 75.2 cm³/mol. The summed E-state index contributed by atoms with van der Waals surface area (Å²) < 4.78 is 5.55. The fourth-order valence-corrected chi connectivity index (χ4v) is 2.46. The largest absolute Gasteiger partial charge is 0.432 e. The Morgan fingerprint density at radius 2 is 1.38 bits per heavy atom. The maximum absolute atomic E-state index is 12.4. The van der Waals surface area contributed by atoms with Gasteiger partial charge in [0.2, 0.25) is 23.2 Å². The summed E-state index contributed by atoms with van der Waals surface area (Å²) in [5.41, 5.74) is 1.57. The monoisotopic (exact) mass is 275 g/mol. The van der Waals surface area contributed by atoms with Crippen molar-refractivity contribution in [1.29, 1.82) is 0 Å². The van der Waals surface area contributed by atoms with Crippen LogP contribution in [-0.2, 0) is 0 Å². The number of benzene rings is 2. The molecule has 0 amide bonds. The number of carbonyl (C=O) groups excluding carboxylic acids is 2. The van der Waals surface area contributed by atoms with Gasteiger partial charge < -0.3 is 4.42 Å². The van der Waals surface area contributed by atoms with E-state index in [0.29, 0.717) is 11.1 Å². The van der Waals surface area contributed by atoms with Crippen LogP contribution in [0.5, 0.6) is 0 Å². The molecule has 3 aromatic rings. The first-order valence-electron chi connectivity index (χ1n) is 6.50. The third kappa shape index (κ3) is 1.66. The summed E-state index contributed by atoms with van der Waals surface area (Å²) in [5, 5.41) is 0. The van der Waals surface area contributed by atoms with Crippen LogP contribution in [0.25, 0.3) is 11.5 Å². The van der Waals surface area contributed by atoms with Crippen molar-refractivity contribution in [2.24, 2.45) is 0 Å². The molecule has 4 heteroatoms. The molecule has 4 rings (SSSR count). The van der Waals surface area contributed by atoms with E-state index in [9.17, 15) is 9.59 Å². The lowest BCUT2D eigenvalue weighted by Crippen LogP contribution is -2.19. The highest BCUT2D eigenvalue weighted by atomic mass is 16.4. The van der Waals surface area contributed by atoms with Crippen molar-refractivity contribution >= 4 is 11.6 Å². The smallest absolute Gasteiger partial charge is 0.231 e. The van der Waals surface area contributed by atoms with Crippen molar-refractivity contribution in [3.8, 4) is 11.5 Å². The molecule has 100 valence electrons. The van der Waals surface area contributed by atoms with E-state index in [2.05, 4.69) is 4.98 Å². The van der Waals surface area contributed by atoms with Gasteiger partial charge in [0.1, 0.15) is 0 Å². The van der Waals surface area contributed by atoms with Crippen LogP contribution in [0.3, 0.4) is 0 Å². The number of hydrogen-bond acceptors (Lipinski definition) is 4. The first-order chi connectivity index (χ1) is 10.3. The minimum atomic E-state index is -0.296. The number of carbonyl (C=O) groups is 2. The molecular weight excluding hydrogens is 266 g/mol. The molecule has 1 aliphatic rings. The summed E-state index contributed by atoms with van der Waals surface area (Å²) in [5.74, 6) is -0.256. The van der Waals surface area contributed by atoms with Crippen LogP contribution in [0.2, 0.25) is 0 Å². The van der Waals surface area contributed by atoms with Crippen molar-refractivity contribution in [1.82, 2.24) is 4.98 Å². The highest BCUT2D eigenvalue weighted by Crippen LogP contribution is 2.30. The van der Waals surface area contributed by atoms with E-state index in [1.165, 1.54) is 0 Å². The second kappa shape index (κ2) is 4.24. The zero-order valence-electron chi connectivity index (χ0n) is 10.9. The van der Waals surface area contributed by atoms with Gasteiger partial charge in [-0.2, -0.15) is 0 Å². The van der Waals surface area contributed by atoms with Crippen molar-refractivity contribution in [3.05, 3.63) is 77.2 Å². The molecule has 1 heterocycles. The quantitative estimate of drug-likeness (QED) is 0.535. The molecule has 1 aromatic heterocycles. The van der Waals surface area contributed by atoms with Gasteiger partial charge in [-0.1, -0.05) is 42.5 Å². The summed E-state index contributed by atoms with van der Waals surface area (Å²) in [6.45, 7) is 0. The van der Waals surface area contributed by atoms with E-state index in [1.54, 1.807) is 24.3 Å². The molecule has 0 radical (unpaired) electrons. The molecule has 0 bridgehead atoms. The maximum Gasteiger partial charge on any atom is 0.231 e. The predicted octanol–water partition coefficient (Wildman–Crippen LogP) is 3.12. The van der Waals surface area contributed by atoms with Crippen LogP contribution in [-0.4, -0.2) is 16.6 Å². The Balaban J connectivity index is 1.92. The standard InChI is InChI=1S/C17H9NO3/c19-14-11-8-4-5-9-12(11)15(20)16-13(14)18-17(21-16)10-6-2-1-3-7-10/h1-9H. The van der Waals surface area contributed by atoms with Crippen molar-refractivity contribution in [2.75, 3.05) is 0 Å². The Morgan fingerprint density at radius 3 is 2.10 bits per heavy atom. The highest BCUT2D eigenvalue weighted by molar-refractivity contribution is 6.26. The van der Waals surface area contributed by atoms with Crippen molar-refractivity contribution in [3.63, 3.8) is 0 Å². The lowest BCUT2D eigenvalue weighted by atomic mass is 9.91. The molecule has 2 aromatic carbocycles. The van der Waals surface area contributed by atoms with E-state index in [1.807, 2.05) is 30.3 Å². The van der Waals surface area contributed by atoms with E-state index in [-0.39, 0.29) is 28.9 Å². The maximum atomic E-state index is 12.4. The zero-order valence-corrected chi connectivity index (χ0v) is 10.9. The molecular formula is C17H9NO3. The van der Waals surface area contributed by atoms with Crippen LogP contribution in [0.15, 0.2) is 59.0 Å². The lowest BCUT2D eigenvalue weighted by molar-refractivity contribution is 0.0959. The lowest BCUT2D eigenvalue weighted by Gasteiger charge is -2.10. The third-order valence-corrected chi connectivity index (χ3v) is 3.49. The first kappa shape index (κ1) is 11.8. The molecule has 0 saturated heterocycles. The molecule has 0 unspecified atom stereocenters. The minimum absolute atomic E-state index is 0.0255. The minimum Gasteiger partial charge on any atom is -0.432 e. The molecule has 0 saturated carbocycles. The topological polar surface area (TPSA) is 60.2 Å². The Hall–Kier alpha value is -3.01. The normalized spacial score (nSPS) is 13.0. The van der Waals surface area contributed by atoms with Gasteiger partial charge in [0.15, 0.2) is 5.69 Å². The summed E-state index contributed by atoms with van der Waals surface area (Å²) in [6.07, 6.45) is 0. The van der Waals surface area contributed by atoms with Crippen molar-refractivity contribution in [2.45, 2.75) is 0 Å². The highest BCUT2D eigenvalue weighted by Gasteiger charge is 2.35.